The van der Waals surface area contributed by atoms with E-state index >= 15 is 0 Å². The molecule has 1 aliphatic rings. The number of hydrogen-bond donors (Lipinski definition) is 1. The molecule has 5 heteroatoms. The van der Waals surface area contributed by atoms with Gasteiger partial charge in [0.1, 0.15) is 0 Å². The molecule has 116 valence electrons. The minimum atomic E-state index is 0.0388. The lowest BCUT2D eigenvalue weighted by molar-refractivity contribution is 0.0742. The van der Waals surface area contributed by atoms with E-state index in [0.717, 1.165) is 18.5 Å². The van der Waals surface area contributed by atoms with E-state index < -0.39 is 0 Å². The van der Waals surface area contributed by atoms with Crippen molar-refractivity contribution in [1.82, 2.24) is 4.90 Å². The van der Waals surface area contributed by atoms with Crippen LogP contribution >= 0.6 is 0 Å². The highest BCUT2D eigenvalue weighted by Gasteiger charge is 2.33. The van der Waals surface area contributed by atoms with Gasteiger partial charge in [-0.3, -0.25) is 4.79 Å². The number of nitrogens with two attached hydrogens (primary N) is 1. The number of carbonyl (C=O) groups is 1. The van der Waals surface area contributed by atoms with E-state index in [2.05, 4.69) is 6.92 Å². The normalized spacial score (nSPS) is 21.5. The molecule has 1 aromatic rings. The van der Waals surface area contributed by atoms with Crippen LogP contribution < -0.4 is 15.2 Å². The van der Waals surface area contributed by atoms with Crippen LogP contribution in [0.2, 0.25) is 0 Å². The molecule has 1 aromatic carbocycles. The van der Waals surface area contributed by atoms with Crippen LogP contribution in [0.25, 0.3) is 0 Å². The largest absolute Gasteiger partial charge is 0.493 e. The molecule has 0 radical (unpaired) electrons. The van der Waals surface area contributed by atoms with Crippen molar-refractivity contribution in [2.75, 3.05) is 27.3 Å². The van der Waals surface area contributed by atoms with E-state index in [1.54, 1.807) is 20.3 Å². The van der Waals surface area contributed by atoms with Gasteiger partial charge in [0.15, 0.2) is 11.5 Å². The van der Waals surface area contributed by atoms with Gasteiger partial charge in [-0.15, -0.1) is 0 Å². The van der Waals surface area contributed by atoms with Crippen molar-refractivity contribution in [3.8, 4) is 11.5 Å². The highest BCUT2D eigenvalue weighted by molar-refractivity contribution is 5.96. The summed E-state index contributed by atoms with van der Waals surface area (Å²) in [5, 5.41) is 0. The van der Waals surface area contributed by atoms with Crippen LogP contribution in [-0.2, 0) is 0 Å². The van der Waals surface area contributed by atoms with E-state index in [1.807, 2.05) is 17.9 Å². The summed E-state index contributed by atoms with van der Waals surface area (Å²) in [5.41, 5.74) is 7.29. The lowest BCUT2D eigenvalue weighted by Crippen LogP contribution is -2.34. The molecule has 1 amide bonds. The maximum atomic E-state index is 12.8. The Labute approximate surface area is 126 Å². The average Bonchev–Trinajstić information content (AvgIpc) is 2.87. The van der Waals surface area contributed by atoms with Gasteiger partial charge in [0.25, 0.3) is 5.91 Å². The molecule has 0 saturated carbocycles. The van der Waals surface area contributed by atoms with E-state index in [4.69, 9.17) is 15.2 Å². The Morgan fingerprint density at radius 3 is 2.48 bits per heavy atom. The van der Waals surface area contributed by atoms with Gasteiger partial charge in [0.2, 0.25) is 0 Å². The third-order valence-electron chi connectivity index (χ3n) is 4.22. The summed E-state index contributed by atoms with van der Waals surface area (Å²) in [7, 11) is 3.16. The number of rotatable bonds is 4. The van der Waals surface area contributed by atoms with E-state index in [1.165, 1.54) is 0 Å². The molecule has 2 unspecified atom stereocenters. The van der Waals surface area contributed by atoms with Gasteiger partial charge in [-0.25, -0.2) is 0 Å². The van der Waals surface area contributed by atoms with Crippen molar-refractivity contribution in [1.29, 1.82) is 0 Å². The first-order chi connectivity index (χ1) is 10.0. The van der Waals surface area contributed by atoms with Crippen LogP contribution in [0.3, 0.4) is 0 Å². The van der Waals surface area contributed by atoms with E-state index in [-0.39, 0.29) is 11.9 Å². The van der Waals surface area contributed by atoms with Crippen LogP contribution in [0.4, 0.5) is 0 Å². The lowest BCUT2D eigenvalue weighted by atomic mass is 10.1. The summed E-state index contributed by atoms with van der Waals surface area (Å²) >= 11 is 0. The summed E-state index contributed by atoms with van der Waals surface area (Å²) in [6.07, 6.45) is 0.967. The smallest absolute Gasteiger partial charge is 0.254 e. The number of nitrogens with zero attached hydrogens (tertiary/aromatic N) is 1. The van der Waals surface area contributed by atoms with E-state index in [9.17, 15) is 4.79 Å². The molecule has 1 heterocycles. The van der Waals surface area contributed by atoms with Gasteiger partial charge in [-0.2, -0.15) is 0 Å². The molecule has 0 aromatic heterocycles. The Morgan fingerprint density at radius 1 is 1.33 bits per heavy atom. The third-order valence-corrected chi connectivity index (χ3v) is 4.22. The molecule has 21 heavy (non-hydrogen) atoms. The van der Waals surface area contributed by atoms with Crippen molar-refractivity contribution in [2.45, 2.75) is 26.3 Å². The Bertz CT molecular complexity index is 530. The standard InChI is InChI=1S/C16H24N2O3/c1-10-5-14(20-3)15(21-4)7-13(10)16(19)18-9-12(8-17)6-11(18)2/h5,7,11-12H,6,8-9,17H2,1-4H3. The summed E-state index contributed by atoms with van der Waals surface area (Å²) in [5.74, 6) is 1.65. The molecule has 0 spiro atoms. The summed E-state index contributed by atoms with van der Waals surface area (Å²) in [6, 6.07) is 3.82. The van der Waals surface area contributed by atoms with Crippen LogP contribution in [0, 0.1) is 12.8 Å². The summed E-state index contributed by atoms with van der Waals surface area (Å²) in [6.45, 7) is 5.34. The molecule has 2 N–H and O–H groups in total. The van der Waals surface area contributed by atoms with Gasteiger partial charge in [0, 0.05) is 18.2 Å². The Morgan fingerprint density at radius 2 is 1.95 bits per heavy atom. The quantitative estimate of drug-likeness (QED) is 0.919. The average molecular weight is 292 g/mol. The fraction of sp³-hybridized carbons (Fsp3) is 0.562. The number of amides is 1. The zero-order valence-electron chi connectivity index (χ0n) is 13.2. The van der Waals surface area contributed by atoms with Crippen molar-refractivity contribution in [3.63, 3.8) is 0 Å². The molecule has 1 aliphatic heterocycles. The molecule has 5 nitrogen and oxygen atoms in total. The first-order valence-corrected chi connectivity index (χ1v) is 7.25. The van der Waals surface area contributed by atoms with Crippen molar-refractivity contribution in [2.24, 2.45) is 11.7 Å². The third kappa shape index (κ3) is 2.97. The van der Waals surface area contributed by atoms with Gasteiger partial charge < -0.3 is 20.1 Å². The zero-order valence-corrected chi connectivity index (χ0v) is 13.2. The summed E-state index contributed by atoms with van der Waals surface area (Å²) in [4.78, 5) is 14.7. The van der Waals surface area contributed by atoms with Gasteiger partial charge in [0.05, 0.1) is 14.2 Å². The maximum absolute atomic E-state index is 12.8. The molecule has 0 bridgehead atoms. The Kier molecular flexibility index (Phi) is 4.73. The minimum absolute atomic E-state index is 0.0388. The van der Waals surface area contributed by atoms with Crippen LogP contribution in [0.1, 0.15) is 29.3 Å². The topological polar surface area (TPSA) is 64.8 Å². The van der Waals surface area contributed by atoms with Gasteiger partial charge in [-0.05, 0) is 50.4 Å². The number of benzene rings is 1. The Balaban J connectivity index is 2.31. The molecular weight excluding hydrogens is 268 g/mol. The van der Waals surface area contributed by atoms with Crippen molar-refractivity contribution >= 4 is 5.91 Å². The molecule has 0 aliphatic carbocycles. The van der Waals surface area contributed by atoms with Crippen molar-refractivity contribution < 1.29 is 14.3 Å². The second kappa shape index (κ2) is 6.35. The first kappa shape index (κ1) is 15.6. The SMILES string of the molecule is COc1cc(C)c(C(=O)N2CC(CN)CC2C)cc1OC. The maximum Gasteiger partial charge on any atom is 0.254 e. The second-order valence-electron chi connectivity index (χ2n) is 5.67. The minimum Gasteiger partial charge on any atom is -0.493 e. The van der Waals surface area contributed by atoms with E-state index in [0.29, 0.717) is 29.5 Å². The fourth-order valence-corrected chi connectivity index (χ4v) is 2.96. The number of hydrogen-bond acceptors (Lipinski definition) is 4. The fourth-order valence-electron chi connectivity index (χ4n) is 2.96. The van der Waals surface area contributed by atoms with Crippen LogP contribution in [0.5, 0.6) is 11.5 Å². The summed E-state index contributed by atoms with van der Waals surface area (Å²) < 4.78 is 10.6. The Hall–Kier alpha value is -1.75. The predicted octanol–water partition coefficient (Wildman–Crippen LogP) is 1.82. The number of aryl methyl sites for hydroxylation is 1. The van der Waals surface area contributed by atoms with Crippen molar-refractivity contribution in [3.05, 3.63) is 23.3 Å². The number of ether oxygens (including phenoxy) is 2. The molecule has 2 rings (SSSR count). The molecule has 1 fully saturated rings. The highest BCUT2D eigenvalue weighted by Crippen LogP contribution is 2.32. The first-order valence-electron chi connectivity index (χ1n) is 7.25. The number of carbonyl (C=O) groups excluding carboxylic acids is 1. The zero-order chi connectivity index (χ0) is 15.6. The number of methoxy groups -OCH3 is 2. The second-order valence-corrected chi connectivity index (χ2v) is 5.67. The van der Waals surface area contributed by atoms with Crippen LogP contribution in [-0.4, -0.2) is 44.2 Å². The monoisotopic (exact) mass is 292 g/mol. The van der Waals surface area contributed by atoms with Crippen LogP contribution in [0.15, 0.2) is 12.1 Å². The van der Waals surface area contributed by atoms with Gasteiger partial charge in [-0.1, -0.05) is 0 Å². The predicted molar refractivity (Wildman–Crippen MR) is 81.9 cm³/mol. The molecule has 2 atom stereocenters. The lowest BCUT2D eigenvalue weighted by Gasteiger charge is -2.23. The molecule has 1 saturated heterocycles. The highest BCUT2D eigenvalue weighted by atomic mass is 16.5. The molecular formula is C16H24N2O3. The van der Waals surface area contributed by atoms with Gasteiger partial charge >= 0.3 is 0 Å². The number of likely N-dealkylation sites (tertiary alicyclic amines) is 1.